The fourth-order valence-electron chi connectivity index (χ4n) is 3.61. The first-order valence-corrected chi connectivity index (χ1v) is 11.1. The number of aliphatic hydroxyl groups excluding tert-OH is 1. The normalized spacial score (nSPS) is 14.6. The second-order valence-corrected chi connectivity index (χ2v) is 9.22. The Balaban J connectivity index is 1.82. The van der Waals surface area contributed by atoms with E-state index in [0.717, 1.165) is 18.8 Å². The molecule has 1 saturated heterocycles. The Morgan fingerprint density at radius 2 is 2.03 bits per heavy atom. The zero-order chi connectivity index (χ0) is 22.9. The minimum Gasteiger partial charge on any atom is -0.443 e. The summed E-state index contributed by atoms with van der Waals surface area (Å²) in [6.07, 6.45) is 4.44. The molecule has 1 fully saturated rings. The van der Waals surface area contributed by atoms with Gasteiger partial charge in [-0.2, -0.15) is 0 Å². The van der Waals surface area contributed by atoms with Gasteiger partial charge in [0.05, 0.1) is 31.7 Å². The van der Waals surface area contributed by atoms with Crippen molar-refractivity contribution in [3.8, 4) is 0 Å². The van der Waals surface area contributed by atoms with Crippen LogP contribution in [0.3, 0.4) is 0 Å². The number of morpholine rings is 1. The van der Waals surface area contributed by atoms with E-state index in [1.165, 1.54) is 4.90 Å². The number of aliphatic hydroxyl groups is 1. The van der Waals surface area contributed by atoms with Gasteiger partial charge in [0.2, 0.25) is 0 Å². The van der Waals surface area contributed by atoms with E-state index in [-0.39, 0.29) is 6.61 Å². The fraction of sp³-hybridized carbons (Fsp3) is 0.409. The van der Waals surface area contributed by atoms with E-state index in [1.807, 2.05) is 32.9 Å². The van der Waals surface area contributed by atoms with Crippen molar-refractivity contribution in [2.75, 3.05) is 36.1 Å². The Kier molecular flexibility index (Phi) is 6.36. The topological polar surface area (TPSA) is 92.4 Å². The summed E-state index contributed by atoms with van der Waals surface area (Å²) >= 11 is 3.45. The van der Waals surface area contributed by atoms with E-state index in [4.69, 9.17) is 9.47 Å². The average Bonchev–Trinajstić information content (AvgIpc) is 3.26. The molecule has 1 aliphatic heterocycles. The molecule has 10 heteroatoms. The maximum Gasteiger partial charge on any atom is 0.420 e. The number of halogens is 1. The number of carbonyl (C=O) groups is 1. The van der Waals surface area contributed by atoms with Gasteiger partial charge < -0.3 is 19.5 Å². The van der Waals surface area contributed by atoms with Crippen molar-refractivity contribution >= 4 is 44.9 Å². The molecule has 0 atom stereocenters. The molecule has 1 aromatic carbocycles. The van der Waals surface area contributed by atoms with Gasteiger partial charge in [0.15, 0.2) is 11.5 Å². The number of nitrogens with zero attached hydrogens (tertiary/aromatic N) is 5. The average molecular weight is 504 g/mol. The van der Waals surface area contributed by atoms with E-state index in [1.54, 1.807) is 29.1 Å². The van der Waals surface area contributed by atoms with Gasteiger partial charge in [-0.05, 0) is 54.9 Å². The van der Waals surface area contributed by atoms with E-state index in [9.17, 15) is 9.90 Å². The number of aromatic nitrogens is 3. The van der Waals surface area contributed by atoms with Crippen molar-refractivity contribution < 1.29 is 19.4 Å². The molecule has 0 bridgehead atoms. The van der Waals surface area contributed by atoms with Gasteiger partial charge in [0.1, 0.15) is 10.2 Å². The second-order valence-electron chi connectivity index (χ2n) is 8.41. The number of fused-ring (bicyclic) bond motifs is 1. The highest BCUT2D eigenvalue weighted by molar-refractivity contribution is 9.10. The van der Waals surface area contributed by atoms with Gasteiger partial charge in [-0.1, -0.05) is 0 Å². The molecule has 0 radical (unpaired) electrons. The minimum absolute atomic E-state index is 0.171. The summed E-state index contributed by atoms with van der Waals surface area (Å²) in [6, 6.07) is 5.53. The summed E-state index contributed by atoms with van der Waals surface area (Å²) in [5, 5.41) is 10.1. The molecule has 3 aromatic rings. The lowest BCUT2D eigenvalue weighted by molar-refractivity contribution is 0.0598. The largest absolute Gasteiger partial charge is 0.443 e. The highest BCUT2D eigenvalue weighted by Gasteiger charge is 2.29. The summed E-state index contributed by atoms with van der Waals surface area (Å²) < 4.78 is 13.6. The summed E-state index contributed by atoms with van der Waals surface area (Å²) in [4.78, 5) is 25.7. The first kappa shape index (κ1) is 22.5. The van der Waals surface area contributed by atoms with E-state index >= 15 is 0 Å². The van der Waals surface area contributed by atoms with Crippen molar-refractivity contribution in [1.29, 1.82) is 0 Å². The molecule has 170 valence electrons. The molecule has 1 aliphatic rings. The SMILES string of the molecule is CC(C)(C)OC(=O)N(c1ccc(N2CCOCC2)c(CO)c1)c1ncc(Br)n2ccnc12. The number of hydrogen-bond donors (Lipinski definition) is 1. The number of amides is 1. The van der Waals surface area contributed by atoms with Crippen molar-refractivity contribution in [3.63, 3.8) is 0 Å². The smallest absolute Gasteiger partial charge is 0.420 e. The van der Waals surface area contributed by atoms with E-state index in [2.05, 4.69) is 30.8 Å². The second kappa shape index (κ2) is 9.05. The van der Waals surface area contributed by atoms with Crippen LogP contribution < -0.4 is 9.80 Å². The van der Waals surface area contributed by atoms with Gasteiger partial charge >= 0.3 is 6.09 Å². The summed E-state index contributed by atoms with van der Waals surface area (Å²) in [6.45, 7) is 8.01. The van der Waals surface area contributed by atoms with Crippen LogP contribution in [0.5, 0.6) is 0 Å². The number of ether oxygens (including phenoxy) is 2. The molecule has 1 amide bonds. The first-order valence-electron chi connectivity index (χ1n) is 10.4. The highest BCUT2D eigenvalue weighted by Crippen LogP contribution is 2.34. The zero-order valence-corrected chi connectivity index (χ0v) is 19.9. The lowest BCUT2D eigenvalue weighted by Crippen LogP contribution is -2.37. The van der Waals surface area contributed by atoms with Crippen LogP contribution in [0, 0.1) is 0 Å². The van der Waals surface area contributed by atoms with Gasteiger partial charge in [-0.25, -0.2) is 19.7 Å². The third-order valence-corrected chi connectivity index (χ3v) is 5.58. The van der Waals surface area contributed by atoms with Crippen LogP contribution in [0.4, 0.5) is 22.0 Å². The Morgan fingerprint density at radius 1 is 1.28 bits per heavy atom. The van der Waals surface area contributed by atoms with Gasteiger partial charge in [-0.3, -0.25) is 4.40 Å². The van der Waals surface area contributed by atoms with Gasteiger partial charge in [-0.15, -0.1) is 0 Å². The van der Waals surface area contributed by atoms with Crippen molar-refractivity contribution in [3.05, 3.63) is 47.0 Å². The molecule has 2 aromatic heterocycles. The number of imidazole rings is 1. The molecule has 0 saturated carbocycles. The van der Waals surface area contributed by atoms with Crippen LogP contribution in [0.1, 0.15) is 26.3 Å². The third-order valence-electron chi connectivity index (χ3n) is 5.00. The predicted octanol–water partition coefficient (Wildman–Crippen LogP) is 3.89. The number of hydrogen-bond acceptors (Lipinski definition) is 7. The van der Waals surface area contributed by atoms with Crippen LogP contribution in [0.2, 0.25) is 0 Å². The number of carbonyl (C=O) groups excluding carboxylic acids is 1. The Bertz CT molecular complexity index is 1120. The van der Waals surface area contributed by atoms with Crippen molar-refractivity contribution in [2.24, 2.45) is 0 Å². The molecule has 3 heterocycles. The van der Waals surface area contributed by atoms with E-state index < -0.39 is 11.7 Å². The summed E-state index contributed by atoms with van der Waals surface area (Å²) in [5.74, 6) is 0.329. The molecule has 0 spiro atoms. The Morgan fingerprint density at radius 3 is 2.72 bits per heavy atom. The van der Waals surface area contributed by atoms with Gasteiger partial charge in [0.25, 0.3) is 0 Å². The first-order chi connectivity index (χ1) is 15.3. The molecule has 1 N–H and O–H groups in total. The molecule has 9 nitrogen and oxygen atoms in total. The molecular weight excluding hydrogens is 478 g/mol. The molecule has 0 unspecified atom stereocenters. The predicted molar refractivity (Wildman–Crippen MR) is 124 cm³/mol. The van der Waals surface area contributed by atoms with E-state index in [0.29, 0.717) is 40.5 Å². The quantitative estimate of drug-likeness (QED) is 0.576. The van der Waals surface area contributed by atoms with Crippen LogP contribution in [-0.4, -0.2) is 57.5 Å². The molecule has 4 rings (SSSR count). The lowest BCUT2D eigenvalue weighted by atomic mass is 10.1. The zero-order valence-electron chi connectivity index (χ0n) is 18.3. The number of anilines is 3. The fourth-order valence-corrected chi connectivity index (χ4v) is 3.99. The lowest BCUT2D eigenvalue weighted by Gasteiger charge is -2.31. The standard InChI is InChI=1S/C22H26BrN5O4/c1-22(2,3)32-21(30)28(20-19-24-6-7-27(19)18(23)13-25-20)16-4-5-17(15(12-16)14-29)26-8-10-31-11-9-26/h4-7,12-13,29H,8-11,14H2,1-3H3. The highest BCUT2D eigenvalue weighted by atomic mass is 79.9. The van der Waals surface area contributed by atoms with Crippen LogP contribution in [0.25, 0.3) is 5.65 Å². The Hall–Kier alpha value is -2.69. The molecular formula is C22H26BrN5O4. The van der Waals surface area contributed by atoms with Gasteiger partial charge in [0, 0.05) is 36.7 Å². The van der Waals surface area contributed by atoms with Crippen LogP contribution in [0.15, 0.2) is 41.4 Å². The third kappa shape index (κ3) is 4.57. The number of benzene rings is 1. The van der Waals surface area contributed by atoms with Crippen LogP contribution in [-0.2, 0) is 16.1 Å². The van der Waals surface area contributed by atoms with Crippen molar-refractivity contribution in [1.82, 2.24) is 14.4 Å². The van der Waals surface area contributed by atoms with Crippen LogP contribution >= 0.6 is 15.9 Å². The maximum absolute atomic E-state index is 13.3. The monoisotopic (exact) mass is 503 g/mol. The number of rotatable bonds is 4. The summed E-state index contributed by atoms with van der Waals surface area (Å²) in [5.41, 5.74) is 1.94. The minimum atomic E-state index is -0.704. The van der Waals surface area contributed by atoms with Crippen molar-refractivity contribution in [2.45, 2.75) is 33.0 Å². The molecule has 32 heavy (non-hydrogen) atoms. The molecule has 0 aliphatic carbocycles. The Labute approximate surface area is 194 Å². The maximum atomic E-state index is 13.3. The summed E-state index contributed by atoms with van der Waals surface area (Å²) in [7, 11) is 0.